The van der Waals surface area contributed by atoms with E-state index in [9.17, 15) is 5.11 Å². The molecule has 6 nitrogen and oxygen atoms in total. The van der Waals surface area contributed by atoms with Crippen molar-refractivity contribution in [3.8, 4) is 11.5 Å². The maximum absolute atomic E-state index is 10.3. The maximum Gasteiger partial charge on any atom is 0.118 e. The summed E-state index contributed by atoms with van der Waals surface area (Å²) >= 11 is 0. The first-order valence-corrected chi connectivity index (χ1v) is 8.94. The number of nitrogens with zero attached hydrogens (tertiary/aromatic N) is 1. The van der Waals surface area contributed by atoms with Gasteiger partial charge in [-0.3, -0.25) is 0 Å². The molecular weight excluding hydrogens is 346 g/mol. The molecule has 6 heteroatoms. The Bertz CT molecular complexity index is 612. The molecule has 0 unspecified atom stereocenters. The highest BCUT2D eigenvalue weighted by Crippen LogP contribution is 2.29. The number of ether oxygens (including phenoxy) is 3. The van der Waals surface area contributed by atoms with E-state index in [1.165, 1.54) is 0 Å². The van der Waals surface area contributed by atoms with E-state index in [1.807, 2.05) is 60.5 Å². The van der Waals surface area contributed by atoms with Gasteiger partial charge in [0.05, 0.1) is 33.5 Å². The lowest BCUT2D eigenvalue weighted by Crippen LogP contribution is -2.34. The Labute approximate surface area is 160 Å². The number of aliphatic hydroxyl groups excluding tert-OH is 2. The van der Waals surface area contributed by atoms with Crippen molar-refractivity contribution in [1.29, 1.82) is 0 Å². The first kappa shape index (κ1) is 21.2. The fraction of sp³-hybridized carbons (Fsp3) is 0.429. The van der Waals surface area contributed by atoms with Crippen LogP contribution in [0, 0.1) is 0 Å². The molecule has 0 radical (unpaired) electrons. The number of benzene rings is 2. The van der Waals surface area contributed by atoms with Gasteiger partial charge in [0.15, 0.2) is 0 Å². The molecule has 1 atom stereocenters. The van der Waals surface area contributed by atoms with Gasteiger partial charge in [0.2, 0.25) is 0 Å². The van der Waals surface area contributed by atoms with Crippen molar-refractivity contribution in [2.75, 3.05) is 47.6 Å². The third kappa shape index (κ3) is 6.52. The van der Waals surface area contributed by atoms with Crippen LogP contribution in [0.3, 0.4) is 0 Å². The number of likely N-dealkylation sites (N-methyl/N-ethyl adjacent to an activating group) is 1. The number of rotatable bonds is 11. The molecule has 148 valence electrons. The summed E-state index contributed by atoms with van der Waals surface area (Å²) < 4.78 is 16.5. The summed E-state index contributed by atoms with van der Waals surface area (Å²) in [6.07, 6.45) is -0.972. The van der Waals surface area contributed by atoms with Crippen LogP contribution in [0.4, 0.5) is 0 Å². The molecule has 0 fully saturated rings. The van der Waals surface area contributed by atoms with Crippen LogP contribution in [-0.4, -0.2) is 68.8 Å². The average Bonchev–Trinajstić information content (AvgIpc) is 2.69. The zero-order chi connectivity index (χ0) is 19.6. The van der Waals surface area contributed by atoms with E-state index >= 15 is 0 Å². The molecular formula is C21H29NO5. The molecule has 0 amide bonds. The van der Waals surface area contributed by atoms with E-state index in [4.69, 9.17) is 19.3 Å². The van der Waals surface area contributed by atoms with E-state index in [-0.39, 0.29) is 19.3 Å². The highest BCUT2D eigenvalue weighted by Gasteiger charge is 2.18. The minimum Gasteiger partial charge on any atom is -0.497 e. The molecule has 0 spiro atoms. The van der Waals surface area contributed by atoms with Gasteiger partial charge in [0.1, 0.15) is 17.6 Å². The minimum absolute atomic E-state index is 0.0599. The molecule has 0 saturated heterocycles. The van der Waals surface area contributed by atoms with Gasteiger partial charge < -0.3 is 29.3 Å². The Morgan fingerprint density at radius 1 is 0.889 bits per heavy atom. The molecule has 0 aliphatic rings. The lowest BCUT2D eigenvalue weighted by atomic mass is 10.0. The highest BCUT2D eigenvalue weighted by molar-refractivity contribution is 5.36. The van der Waals surface area contributed by atoms with Gasteiger partial charge in [-0.1, -0.05) is 24.3 Å². The third-order valence-electron chi connectivity index (χ3n) is 4.30. The topological polar surface area (TPSA) is 71.4 Å². The molecule has 0 aromatic heterocycles. The van der Waals surface area contributed by atoms with Gasteiger partial charge >= 0.3 is 0 Å². The first-order chi connectivity index (χ1) is 13.1. The van der Waals surface area contributed by atoms with E-state index in [0.29, 0.717) is 13.1 Å². The number of aliphatic hydroxyl groups is 2. The SMILES string of the molecule is COc1ccc(C(OC[C@@H](O)CN(C)CCO)c2ccc(OC)cc2)cc1. The second-order valence-electron chi connectivity index (χ2n) is 6.40. The summed E-state index contributed by atoms with van der Waals surface area (Å²) in [6.45, 7) is 1.18. The predicted molar refractivity (Wildman–Crippen MR) is 104 cm³/mol. The Hall–Kier alpha value is -2.12. The van der Waals surface area contributed by atoms with Gasteiger partial charge in [0, 0.05) is 13.1 Å². The van der Waals surface area contributed by atoms with E-state index < -0.39 is 6.10 Å². The van der Waals surface area contributed by atoms with Crippen molar-refractivity contribution >= 4 is 0 Å². The molecule has 27 heavy (non-hydrogen) atoms. The summed E-state index contributed by atoms with van der Waals surface area (Å²) in [4.78, 5) is 1.86. The maximum atomic E-state index is 10.3. The second kappa shape index (κ2) is 10.9. The zero-order valence-corrected chi connectivity index (χ0v) is 16.2. The van der Waals surface area contributed by atoms with E-state index in [0.717, 1.165) is 22.6 Å². The molecule has 0 bridgehead atoms. The molecule has 2 aromatic rings. The first-order valence-electron chi connectivity index (χ1n) is 8.94. The van der Waals surface area contributed by atoms with Crippen LogP contribution in [0.1, 0.15) is 17.2 Å². The highest BCUT2D eigenvalue weighted by atomic mass is 16.5. The average molecular weight is 375 g/mol. The summed E-state index contributed by atoms with van der Waals surface area (Å²) in [7, 11) is 5.11. The molecule has 2 N–H and O–H groups in total. The molecule has 0 aliphatic carbocycles. The van der Waals surface area contributed by atoms with Crippen molar-refractivity contribution in [3.05, 3.63) is 59.7 Å². The van der Waals surface area contributed by atoms with E-state index in [1.54, 1.807) is 14.2 Å². The molecule has 0 saturated carbocycles. The Morgan fingerprint density at radius 3 is 1.78 bits per heavy atom. The number of methoxy groups -OCH3 is 2. The smallest absolute Gasteiger partial charge is 0.118 e. The molecule has 2 rings (SSSR count). The lowest BCUT2D eigenvalue weighted by Gasteiger charge is -2.24. The van der Waals surface area contributed by atoms with Gasteiger partial charge in [-0.2, -0.15) is 0 Å². The third-order valence-corrected chi connectivity index (χ3v) is 4.30. The molecule has 0 heterocycles. The van der Waals surface area contributed by atoms with Crippen LogP contribution < -0.4 is 9.47 Å². The summed E-state index contributed by atoms with van der Waals surface area (Å²) in [5.41, 5.74) is 1.94. The van der Waals surface area contributed by atoms with Gasteiger partial charge in [-0.15, -0.1) is 0 Å². The van der Waals surface area contributed by atoms with Crippen LogP contribution in [0.2, 0.25) is 0 Å². The van der Waals surface area contributed by atoms with E-state index in [2.05, 4.69) is 0 Å². The van der Waals surface area contributed by atoms with Crippen molar-refractivity contribution in [2.45, 2.75) is 12.2 Å². The lowest BCUT2D eigenvalue weighted by molar-refractivity contribution is -0.00672. The van der Waals surface area contributed by atoms with Crippen LogP contribution in [0.25, 0.3) is 0 Å². The second-order valence-corrected chi connectivity index (χ2v) is 6.40. The largest absolute Gasteiger partial charge is 0.497 e. The summed E-state index contributed by atoms with van der Waals surface area (Å²) in [5.74, 6) is 1.55. The number of hydrogen-bond acceptors (Lipinski definition) is 6. The zero-order valence-electron chi connectivity index (χ0n) is 16.2. The van der Waals surface area contributed by atoms with Crippen LogP contribution >= 0.6 is 0 Å². The van der Waals surface area contributed by atoms with Crippen LogP contribution in [-0.2, 0) is 4.74 Å². The van der Waals surface area contributed by atoms with Crippen molar-refractivity contribution in [2.24, 2.45) is 0 Å². The molecule has 0 aliphatic heterocycles. The number of hydrogen-bond donors (Lipinski definition) is 2. The van der Waals surface area contributed by atoms with Gasteiger partial charge in [-0.25, -0.2) is 0 Å². The Balaban J connectivity index is 2.13. The molecule has 2 aromatic carbocycles. The fourth-order valence-electron chi connectivity index (χ4n) is 2.82. The van der Waals surface area contributed by atoms with Crippen LogP contribution in [0.15, 0.2) is 48.5 Å². The Kier molecular flexibility index (Phi) is 8.54. The van der Waals surface area contributed by atoms with Crippen molar-refractivity contribution in [3.63, 3.8) is 0 Å². The monoisotopic (exact) mass is 375 g/mol. The normalized spacial score (nSPS) is 12.4. The minimum atomic E-state index is -0.652. The Morgan fingerprint density at radius 2 is 1.37 bits per heavy atom. The fourth-order valence-corrected chi connectivity index (χ4v) is 2.82. The van der Waals surface area contributed by atoms with Crippen molar-refractivity contribution in [1.82, 2.24) is 4.90 Å². The predicted octanol–water partition coefficient (Wildman–Crippen LogP) is 2.09. The quantitative estimate of drug-likeness (QED) is 0.627. The van der Waals surface area contributed by atoms with Crippen molar-refractivity contribution < 1.29 is 24.4 Å². The van der Waals surface area contributed by atoms with Gasteiger partial charge in [-0.05, 0) is 42.4 Å². The summed E-state index contributed by atoms with van der Waals surface area (Å²) in [5, 5.41) is 19.2. The summed E-state index contributed by atoms with van der Waals surface area (Å²) in [6, 6.07) is 15.4. The van der Waals surface area contributed by atoms with Gasteiger partial charge in [0.25, 0.3) is 0 Å². The van der Waals surface area contributed by atoms with Crippen LogP contribution in [0.5, 0.6) is 11.5 Å². The standard InChI is InChI=1S/C21H29NO5/c1-22(12-13-23)14-18(24)15-27-21(16-4-8-19(25-2)9-5-16)17-6-10-20(26-3)11-7-17/h4-11,18,21,23-24H,12-15H2,1-3H3/t18-/m0/s1.